The van der Waals surface area contributed by atoms with Crippen LogP contribution in [0.25, 0.3) is 0 Å². The van der Waals surface area contributed by atoms with Gasteiger partial charge in [-0.15, -0.1) is 0 Å². The number of carbonyl (C=O) groups is 1. The maximum atomic E-state index is 11.9. The average molecular weight is 245 g/mol. The average Bonchev–Trinajstić information content (AvgIpc) is 2.53. The number of aliphatic imine (C=N–C) groups is 1. The second kappa shape index (κ2) is 3.83. The van der Waals surface area contributed by atoms with Crippen molar-refractivity contribution in [1.82, 2.24) is 5.32 Å². The lowest BCUT2D eigenvalue weighted by atomic mass is 9.84. The van der Waals surface area contributed by atoms with Crippen LogP contribution in [0.5, 0.6) is 0 Å². The highest BCUT2D eigenvalue weighted by molar-refractivity contribution is 6.06. The van der Waals surface area contributed by atoms with Crippen LogP contribution in [-0.2, 0) is 15.7 Å². The topological polar surface area (TPSA) is 67.5 Å². The highest BCUT2D eigenvalue weighted by Gasteiger charge is 2.40. The minimum absolute atomic E-state index is 0.0969. The van der Waals surface area contributed by atoms with Gasteiger partial charge in [0.1, 0.15) is 0 Å². The van der Waals surface area contributed by atoms with Gasteiger partial charge in [0.25, 0.3) is 5.91 Å². The summed E-state index contributed by atoms with van der Waals surface area (Å²) < 4.78 is 0. The molecule has 3 N–H and O–H groups in total. The van der Waals surface area contributed by atoms with E-state index in [1.807, 2.05) is 24.3 Å². The van der Waals surface area contributed by atoms with Crippen LogP contribution >= 0.6 is 0 Å². The Labute approximate surface area is 107 Å². The van der Waals surface area contributed by atoms with Crippen molar-refractivity contribution in [2.45, 2.75) is 38.6 Å². The number of nitrogens with one attached hydrogen (secondary N) is 1. The normalized spacial score (nSPS) is 23.8. The Bertz CT molecular complexity index is 511. The number of amides is 1. The highest BCUT2D eigenvalue weighted by atomic mass is 16.2. The van der Waals surface area contributed by atoms with Crippen molar-refractivity contribution in [2.75, 3.05) is 0 Å². The van der Waals surface area contributed by atoms with E-state index in [0.717, 1.165) is 5.56 Å². The number of nitrogens with zero attached hydrogens (tertiary/aromatic N) is 1. The number of hydrogen-bond donors (Lipinski definition) is 2. The van der Waals surface area contributed by atoms with Gasteiger partial charge < -0.3 is 5.73 Å². The summed E-state index contributed by atoms with van der Waals surface area (Å²) in [7, 11) is 0. The van der Waals surface area contributed by atoms with Gasteiger partial charge in [0, 0.05) is 0 Å². The molecule has 1 heterocycles. The lowest BCUT2D eigenvalue weighted by Gasteiger charge is -2.22. The Morgan fingerprint density at radius 3 is 2.17 bits per heavy atom. The van der Waals surface area contributed by atoms with Gasteiger partial charge in [-0.05, 0) is 23.5 Å². The number of guanidine groups is 1. The second-order valence-corrected chi connectivity index (χ2v) is 5.85. The van der Waals surface area contributed by atoms with Crippen LogP contribution in [0.1, 0.15) is 38.8 Å². The van der Waals surface area contributed by atoms with E-state index in [9.17, 15) is 4.79 Å². The first kappa shape index (κ1) is 12.6. The molecule has 4 nitrogen and oxygen atoms in total. The van der Waals surface area contributed by atoms with Crippen LogP contribution in [0.3, 0.4) is 0 Å². The van der Waals surface area contributed by atoms with E-state index in [4.69, 9.17) is 5.73 Å². The summed E-state index contributed by atoms with van der Waals surface area (Å²) in [6.45, 7) is 8.24. The van der Waals surface area contributed by atoms with E-state index in [1.165, 1.54) is 5.56 Å². The summed E-state index contributed by atoms with van der Waals surface area (Å²) in [5.41, 5.74) is 6.83. The molecule has 0 radical (unpaired) electrons. The van der Waals surface area contributed by atoms with E-state index >= 15 is 0 Å². The minimum Gasteiger partial charge on any atom is -0.370 e. The molecule has 1 atom stereocenters. The molecule has 0 saturated carbocycles. The predicted molar refractivity (Wildman–Crippen MR) is 72.3 cm³/mol. The van der Waals surface area contributed by atoms with Gasteiger partial charge in [-0.1, -0.05) is 45.0 Å². The third-order valence-corrected chi connectivity index (χ3v) is 3.34. The Hall–Kier alpha value is -1.84. The lowest BCUT2D eigenvalue weighted by Crippen LogP contribution is -2.37. The summed E-state index contributed by atoms with van der Waals surface area (Å²) >= 11 is 0. The zero-order valence-corrected chi connectivity index (χ0v) is 11.2. The Kier molecular flexibility index (Phi) is 2.69. The molecule has 1 unspecified atom stereocenters. The molecule has 2 rings (SSSR count). The molecule has 0 fully saturated rings. The van der Waals surface area contributed by atoms with Crippen molar-refractivity contribution in [3.05, 3.63) is 35.4 Å². The first-order valence-electron chi connectivity index (χ1n) is 6.01. The standard InChI is InChI=1S/C14H19N3O/c1-13(2,3)9-5-7-10(8-6-9)14(4)11(18)16-12(15)17-14/h5-8H,1-4H3,(H3,15,16,17,18). The fourth-order valence-corrected chi connectivity index (χ4v) is 2.05. The summed E-state index contributed by atoms with van der Waals surface area (Å²) in [5.74, 6) is 0.00547. The third kappa shape index (κ3) is 1.98. The van der Waals surface area contributed by atoms with Crippen LogP contribution in [0.15, 0.2) is 29.3 Å². The van der Waals surface area contributed by atoms with E-state index < -0.39 is 5.54 Å². The SMILES string of the molecule is CC(C)(C)c1ccc(C2(C)N=C(N)NC2=O)cc1. The zero-order valence-electron chi connectivity index (χ0n) is 11.2. The molecule has 1 aliphatic heterocycles. The number of hydrogen-bond acceptors (Lipinski definition) is 3. The van der Waals surface area contributed by atoms with Crippen molar-refractivity contribution in [3.8, 4) is 0 Å². The highest BCUT2D eigenvalue weighted by Crippen LogP contribution is 2.30. The summed E-state index contributed by atoms with van der Waals surface area (Å²) in [4.78, 5) is 16.1. The molecule has 0 spiro atoms. The van der Waals surface area contributed by atoms with Crippen molar-refractivity contribution in [3.63, 3.8) is 0 Å². The van der Waals surface area contributed by atoms with E-state index in [1.54, 1.807) is 6.92 Å². The van der Waals surface area contributed by atoms with Crippen LogP contribution in [0.2, 0.25) is 0 Å². The van der Waals surface area contributed by atoms with Gasteiger partial charge >= 0.3 is 0 Å². The Morgan fingerprint density at radius 2 is 1.78 bits per heavy atom. The van der Waals surface area contributed by atoms with Gasteiger partial charge in [0.05, 0.1) is 0 Å². The first-order valence-corrected chi connectivity index (χ1v) is 6.01. The quantitative estimate of drug-likeness (QED) is 0.790. The van der Waals surface area contributed by atoms with Crippen molar-refractivity contribution < 1.29 is 4.79 Å². The number of benzene rings is 1. The fraction of sp³-hybridized carbons (Fsp3) is 0.429. The van der Waals surface area contributed by atoms with E-state index in [2.05, 4.69) is 31.1 Å². The van der Waals surface area contributed by atoms with Crippen molar-refractivity contribution >= 4 is 11.9 Å². The largest absolute Gasteiger partial charge is 0.370 e. The Balaban J connectivity index is 2.39. The Morgan fingerprint density at radius 1 is 1.22 bits per heavy atom. The molecule has 18 heavy (non-hydrogen) atoms. The first-order chi connectivity index (χ1) is 8.23. The monoisotopic (exact) mass is 245 g/mol. The molecule has 1 aromatic carbocycles. The fourth-order valence-electron chi connectivity index (χ4n) is 2.05. The van der Waals surface area contributed by atoms with E-state index in [0.29, 0.717) is 0 Å². The molecular formula is C14H19N3O. The van der Waals surface area contributed by atoms with Gasteiger partial charge in [-0.2, -0.15) is 0 Å². The molecule has 0 saturated heterocycles. The molecule has 4 heteroatoms. The second-order valence-electron chi connectivity index (χ2n) is 5.85. The summed E-state index contributed by atoms with van der Waals surface area (Å²) in [6.07, 6.45) is 0. The van der Waals surface area contributed by atoms with Crippen LogP contribution in [-0.4, -0.2) is 11.9 Å². The third-order valence-electron chi connectivity index (χ3n) is 3.34. The number of carbonyl (C=O) groups excluding carboxylic acids is 1. The summed E-state index contributed by atoms with van der Waals surface area (Å²) in [5, 5.41) is 2.54. The molecule has 96 valence electrons. The smallest absolute Gasteiger partial charge is 0.259 e. The number of nitrogens with two attached hydrogens (primary N) is 1. The maximum absolute atomic E-state index is 11.9. The van der Waals surface area contributed by atoms with Gasteiger partial charge in [-0.25, -0.2) is 4.99 Å². The summed E-state index contributed by atoms with van der Waals surface area (Å²) in [6, 6.07) is 7.97. The molecule has 0 aliphatic carbocycles. The van der Waals surface area contributed by atoms with Crippen molar-refractivity contribution in [1.29, 1.82) is 0 Å². The van der Waals surface area contributed by atoms with Gasteiger partial charge in [0.2, 0.25) is 0 Å². The molecule has 1 aromatic rings. The molecular weight excluding hydrogens is 226 g/mol. The predicted octanol–water partition coefficient (Wildman–Crippen LogP) is 1.64. The molecule has 0 bridgehead atoms. The van der Waals surface area contributed by atoms with Gasteiger partial charge in [-0.3, -0.25) is 10.1 Å². The lowest BCUT2D eigenvalue weighted by molar-refractivity contribution is -0.123. The van der Waals surface area contributed by atoms with Crippen LogP contribution in [0, 0.1) is 0 Å². The van der Waals surface area contributed by atoms with Gasteiger partial charge in [0.15, 0.2) is 11.5 Å². The minimum atomic E-state index is -0.902. The van der Waals surface area contributed by atoms with Crippen molar-refractivity contribution in [2.24, 2.45) is 10.7 Å². The maximum Gasteiger partial charge on any atom is 0.259 e. The molecule has 1 amide bonds. The van der Waals surface area contributed by atoms with Crippen LogP contribution < -0.4 is 11.1 Å². The zero-order chi connectivity index (χ0) is 13.6. The number of rotatable bonds is 1. The molecule has 1 aliphatic rings. The van der Waals surface area contributed by atoms with E-state index in [-0.39, 0.29) is 17.3 Å². The molecule has 0 aromatic heterocycles. The van der Waals surface area contributed by atoms with Crippen LogP contribution in [0.4, 0.5) is 0 Å².